The molecule has 1 unspecified atom stereocenters. The van der Waals surface area contributed by atoms with Crippen molar-refractivity contribution in [2.75, 3.05) is 13.2 Å². The molecule has 0 bridgehead atoms. The van der Waals surface area contributed by atoms with Crippen molar-refractivity contribution in [2.45, 2.75) is 24.6 Å². The fourth-order valence-electron chi connectivity index (χ4n) is 1.66. The van der Waals surface area contributed by atoms with Gasteiger partial charge in [0.15, 0.2) is 11.5 Å². The Bertz CT molecular complexity index is 382. The molecule has 1 aliphatic heterocycles. The molecule has 0 saturated heterocycles. The van der Waals surface area contributed by atoms with Gasteiger partial charge in [-0.15, -0.1) is 0 Å². The van der Waals surface area contributed by atoms with Crippen LogP contribution in [0.3, 0.4) is 0 Å². The minimum absolute atomic E-state index is 0.261. The lowest BCUT2D eigenvalue weighted by atomic mass is 10.1. The van der Waals surface area contributed by atoms with E-state index in [1.54, 1.807) is 0 Å². The van der Waals surface area contributed by atoms with E-state index in [4.69, 9.17) is 21.1 Å². The average molecular weight is 306 g/mol. The molecule has 1 atom stereocenters. The van der Waals surface area contributed by atoms with Gasteiger partial charge >= 0.3 is 0 Å². The summed E-state index contributed by atoms with van der Waals surface area (Å²) in [5.74, 6) is 1.55. The SMILES string of the molecule is CCC(Br)c1cc2c(cc1Cl)OCCCO2. The number of benzene rings is 1. The molecule has 0 fully saturated rings. The standard InChI is InChI=1S/C12H14BrClO2/c1-2-9(13)8-6-11-12(7-10(8)14)16-5-3-4-15-11/h6-7,9H,2-5H2,1H3. The topological polar surface area (TPSA) is 18.5 Å². The highest BCUT2D eigenvalue weighted by Crippen LogP contribution is 2.40. The number of ether oxygens (including phenoxy) is 2. The van der Waals surface area contributed by atoms with E-state index < -0.39 is 0 Å². The van der Waals surface area contributed by atoms with Crippen LogP contribution in [0.5, 0.6) is 11.5 Å². The molecular formula is C12H14BrClO2. The molecule has 1 heterocycles. The third-order valence-corrected chi connectivity index (χ3v) is 4.03. The maximum absolute atomic E-state index is 6.22. The molecule has 4 heteroatoms. The minimum Gasteiger partial charge on any atom is -0.490 e. The second-order valence-electron chi connectivity index (χ2n) is 3.75. The highest BCUT2D eigenvalue weighted by molar-refractivity contribution is 9.09. The Labute approximate surface area is 109 Å². The summed E-state index contributed by atoms with van der Waals surface area (Å²) in [4.78, 5) is 0.261. The highest BCUT2D eigenvalue weighted by atomic mass is 79.9. The van der Waals surface area contributed by atoms with Gasteiger partial charge in [-0.1, -0.05) is 34.5 Å². The summed E-state index contributed by atoms with van der Waals surface area (Å²) in [6.07, 6.45) is 1.90. The molecule has 0 amide bonds. The lowest BCUT2D eigenvalue weighted by molar-refractivity contribution is 0.297. The van der Waals surface area contributed by atoms with Gasteiger partial charge in [0.25, 0.3) is 0 Å². The largest absolute Gasteiger partial charge is 0.490 e. The Morgan fingerprint density at radius 2 is 1.94 bits per heavy atom. The van der Waals surface area contributed by atoms with Crippen LogP contribution in [0.1, 0.15) is 30.2 Å². The second-order valence-corrected chi connectivity index (χ2v) is 5.26. The number of hydrogen-bond acceptors (Lipinski definition) is 2. The van der Waals surface area contributed by atoms with Crippen LogP contribution in [0.2, 0.25) is 5.02 Å². The molecule has 2 nitrogen and oxygen atoms in total. The Morgan fingerprint density at radius 1 is 1.31 bits per heavy atom. The van der Waals surface area contributed by atoms with Crippen LogP contribution in [-0.4, -0.2) is 13.2 Å². The molecule has 0 spiro atoms. The Balaban J connectivity index is 2.38. The van der Waals surface area contributed by atoms with Crippen molar-refractivity contribution >= 4 is 27.5 Å². The lowest BCUT2D eigenvalue weighted by Gasteiger charge is -2.14. The first-order valence-electron chi connectivity index (χ1n) is 5.45. The van der Waals surface area contributed by atoms with Crippen molar-refractivity contribution in [1.82, 2.24) is 0 Å². The van der Waals surface area contributed by atoms with Crippen molar-refractivity contribution in [3.63, 3.8) is 0 Å². The predicted octanol–water partition coefficient (Wildman–Crippen LogP) is 4.35. The van der Waals surface area contributed by atoms with Crippen molar-refractivity contribution in [2.24, 2.45) is 0 Å². The van der Waals surface area contributed by atoms with Crippen molar-refractivity contribution in [3.8, 4) is 11.5 Å². The summed E-state index contributed by atoms with van der Waals surface area (Å²) in [7, 11) is 0. The molecule has 0 saturated carbocycles. The molecule has 0 N–H and O–H groups in total. The van der Waals surface area contributed by atoms with Crippen LogP contribution >= 0.6 is 27.5 Å². The molecule has 0 radical (unpaired) electrons. The number of hydrogen-bond donors (Lipinski definition) is 0. The zero-order valence-electron chi connectivity index (χ0n) is 9.13. The van der Waals surface area contributed by atoms with Gasteiger partial charge in [0.2, 0.25) is 0 Å². The van der Waals surface area contributed by atoms with Gasteiger partial charge in [0.1, 0.15) is 0 Å². The first-order valence-corrected chi connectivity index (χ1v) is 6.75. The van der Waals surface area contributed by atoms with E-state index in [2.05, 4.69) is 22.9 Å². The maximum atomic E-state index is 6.22. The predicted molar refractivity (Wildman–Crippen MR) is 69.0 cm³/mol. The first-order chi connectivity index (χ1) is 7.72. The summed E-state index contributed by atoms with van der Waals surface area (Å²) in [5.41, 5.74) is 1.06. The van der Waals surface area contributed by atoms with Gasteiger partial charge in [-0.2, -0.15) is 0 Å². The van der Waals surface area contributed by atoms with E-state index >= 15 is 0 Å². The van der Waals surface area contributed by atoms with Crippen LogP contribution in [0.15, 0.2) is 12.1 Å². The summed E-state index contributed by atoms with van der Waals surface area (Å²) in [6.45, 7) is 3.50. The van der Waals surface area contributed by atoms with Crippen molar-refractivity contribution < 1.29 is 9.47 Å². The quantitative estimate of drug-likeness (QED) is 0.756. The van der Waals surface area contributed by atoms with Crippen LogP contribution < -0.4 is 9.47 Å². The van der Waals surface area contributed by atoms with Crippen LogP contribution in [-0.2, 0) is 0 Å². The monoisotopic (exact) mass is 304 g/mol. The summed E-state index contributed by atoms with van der Waals surface area (Å²) >= 11 is 9.82. The van der Waals surface area contributed by atoms with Crippen LogP contribution in [0.4, 0.5) is 0 Å². The van der Waals surface area contributed by atoms with Gasteiger partial charge in [-0.25, -0.2) is 0 Å². The normalized spacial score (nSPS) is 16.7. The zero-order valence-corrected chi connectivity index (χ0v) is 11.5. The number of fused-ring (bicyclic) bond motifs is 1. The Hall–Kier alpha value is -0.410. The summed E-state index contributed by atoms with van der Waals surface area (Å²) < 4.78 is 11.2. The summed E-state index contributed by atoms with van der Waals surface area (Å²) in [6, 6.07) is 3.83. The van der Waals surface area contributed by atoms with E-state index in [1.807, 2.05) is 12.1 Å². The van der Waals surface area contributed by atoms with E-state index in [0.29, 0.717) is 13.2 Å². The van der Waals surface area contributed by atoms with E-state index in [0.717, 1.165) is 34.9 Å². The van der Waals surface area contributed by atoms with Gasteiger partial charge in [-0.3, -0.25) is 0 Å². The Morgan fingerprint density at radius 3 is 2.56 bits per heavy atom. The summed E-state index contributed by atoms with van der Waals surface area (Å²) in [5, 5.41) is 0.730. The van der Waals surface area contributed by atoms with Crippen LogP contribution in [0, 0.1) is 0 Å². The third-order valence-electron chi connectivity index (χ3n) is 2.56. The van der Waals surface area contributed by atoms with Gasteiger partial charge < -0.3 is 9.47 Å². The lowest BCUT2D eigenvalue weighted by Crippen LogP contribution is -1.97. The molecule has 1 aliphatic rings. The molecule has 0 aliphatic carbocycles. The number of alkyl halides is 1. The molecule has 1 aromatic carbocycles. The smallest absolute Gasteiger partial charge is 0.162 e. The molecule has 2 rings (SSSR count). The van der Waals surface area contributed by atoms with E-state index in [9.17, 15) is 0 Å². The van der Waals surface area contributed by atoms with E-state index in [1.165, 1.54) is 0 Å². The number of halogens is 2. The van der Waals surface area contributed by atoms with Gasteiger partial charge in [-0.05, 0) is 18.1 Å². The molecule has 16 heavy (non-hydrogen) atoms. The molecular weight excluding hydrogens is 291 g/mol. The second kappa shape index (κ2) is 5.28. The zero-order chi connectivity index (χ0) is 11.5. The fraction of sp³-hybridized carbons (Fsp3) is 0.500. The molecule has 0 aromatic heterocycles. The van der Waals surface area contributed by atoms with Gasteiger partial charge in [0, 0.05) is 22.3 Å². The molecule has 88 valence electrons. The van der Waals surface area contributed by atoms with E-state index in [-0.39, 0.29) is 4.83 Å². The third kappa shape index (κ3) is 2.46. The highest BCUT2D eigenvalue weighted by Gasteiger charge is 2.17. The number of rotatable bonds is 2. The Kier molecular flexibility index (Phi) is 3.98. The van der Waals surface area contributed by atoms with Crippen molar-refractivity contribution in [3.05, 3.63) is 22.7 Å². The van der Waals surface area contributed by atoms with Crippen molar-refractivity contribution in [1.29, 1.82) is 0 Å². The average Bonchev–Trinajstić information content (AvgIpc) is 2.51. The molecule has 1 aromatic rings. The van der Waals surface area contributed by atoms with Gasteiger partial charge in [0.05, 0.1) is 13.2 Å². The fourth-order valence-corrected chi connectivity index (χ4v) is 2.46. The minimum atomic E-state index is 0.261. The van der Waals surface area contributed by atoms with Crippen LogP contribution in [0.25, 0.3) is 0 Å². The maximum Gasteiger partial charge on any atom is 0.162 e. The first kappa shape index (κ1) is 12.1.